The zero-order chi connectivity index (χ0) is 13.9. The van der Waals surface area contributed by atoms with E-state index in [-0.39, 0.29) is 12.5 Å². The largest absolute Gasteiger partial charge is 0.480 e. The second-order valence-corrected chi connectivity index (χ2v) is 4.77. The highest BCUT2D eigenvalue weighted by Crippen LogP contribution is 2.23. The fourth-order valence-electron chi connectivity index (χ4n) is 1.65. The molecule has 1 aromatic rings. The van der Waals surface area contributed by atoms with Gasteiger partial charge in [0, 0.05) is 25.7 Å². The lowest BCUT2D eigenvalue weighted by Gasteiger charge is -2.21. The molecule has 0 saturated heterocycles. The number of hydrogen-bond donors (Lipinski definition) is 2. The van der Waals surface area contributed by atoms with Gasteiger partial charge in [0.2, 0.25) is 5.91 Å². The molecule has 1 rings (SSSR count). The van der Waals surface area contributed by atoms with Gasteiger partial charge in [-0.25, -0.2) is 0 Å². The Morgan fingerprint density at radius 3 is 2.56 bits per heavy atom. The van der Waals surface area contributed by atoms with Crippen molar-refractivity contribution in [3.8, 4) is 0 Å². The molecule has 1 unspecified atom stereocenters. The number of rotatable bonds is 5. The van der Waals surface area contributed by atoms with Crippen LogP contribution in [-0.2, 0) is 16.0 Å². The van der Waals surface area contributed by atoms with Crippen LogP contribution in [0.1, 0.15) is 32.5 Å². The van der Waals surface area contributed by atoms with Crippen LogP contribution in [0.4, 0.5) is 0 Å². The van der Waals surface area contributed by atoms with Crippen molar-refractivity contribution >= 4 is 11.9 Å². The maximum atomic E-state index is 11.7. The third-order valence-electron chi connectivity index (χ3n) is 2.93. The number of carboxylic acid groups (broad SMARTS) is 1. The Hall–Kier alpha value is -1.85. The minimum atomic E-state index is -1.50. The van der Waals surface area contributed by atoms with Gasteiger partial charge in [0.15, 0.2) is 0 Å². The normalized spacial score (nSPS) is 14.3. The van der Waals surface area contributed by atoms with Crippen LogP contribution in [-0.4, -0.2) is 33.8 Å². The van der Waals surface area contributed by atoms with E-state index in [2.05, 4.69) is 10.4 Å². The lowest BCUT2D eigenvalue weighted by atomic mass is 9.84. The van der Waals surface area contributed by atoms with E-state index in [9.17, 15) is 14.7 Å². The molecule has 1 amide bonds. The van der Waals surface area contributed by atoms with Crippen LogP contribution in [0.5, 0.6) is 0 Å². The van der Waals surface area contributed by atoms with Crippen molar-refractivity contribution in [1.82, 2.24) is 15.1 Å². The monoisotopic (exact) mass is 253 g/mol. The molecule has 2 N–H and O–H groups in total. The molecule has 0 fully saturated rings. The Kier molecular flexibility index (Phi) is 4.11. The van der Waals surface area contributed by atoms with E-state index in [0.29, 0.717) is 5.69 Å². The van der Waals surface area contributed by atoms with Crippen LogP contribution >= 0.6 is 0 Å². The van der Waals surface area contributed by atoms with E-state index in [0.717, 1.165) is 0 Å². The van der Waals surface area contributed by atoms with Crippen LogP contribution in [0, 0.1) is 5.41 Å². The lowest BCUT2D eigenvalue weighted by molar-refractivity contribution is -0.154. The van der Waals surface area contributed by atoms with Crippen molar-refractivity contribution in [3.63, 3.8) is 0 Å². The van der Waals surface area contributed by atoms with Gasteiger partial charge in [0.1, 0.15) is 5.41 Å². The van der Waals surface area contributed by atoms with E-state index in [1.165, 1.54) is 14.0 Å². The van der Waals surface area contributed by atoms with Gasteiger partial charge in [-0.05, 0) is 26.8 Å². The first-order valence-electron chi connectivity index (χ1n) is 5.81. The maximum Gasteiger partial charge on any atom is 0.319 e. The van der Waals surface area contributed by atoms with Gasteiger partial charge in [-0.1, -0.05) is 0 Å². The average Bonchev–Trinajstić information content (AvgIpc) is 2.75. The van der Waals surface area contributed by atoms with E-state index in [1.807, 2.05) is 13.8 Å². The summed E-state index contributed by atoms with van der Waals surface area (Å²) in [6.07, 6.45) is 1.86. The van der Waals surface area contributed by atoms with Crippen molar-refractivity contribution in [2.75, 3.05) is 7.05 Å². The molecule has 6 nitrogen and oxygen atoms in total. The van der Waals surface area contributed by atoms with Gasteiger partial charge in [0.25, 0.3) is 0 Å². The highest BCUT2D eigenvalue weighted by atomic mass is 16.4. The van der Waals surface area contributed by atoms with Crippen molar-refractivity contribution in [3.05, 3.63) is 18.0 Å². The molecule has 18 heavy (non-hydrogen) atoms. The first-order valence-corrected chi connectivity index (χ1v) is 5.81. The Balaban J connectivity index is 2.97. The molecule has 6 heteroatoms. The number of carbonyl (C=O) groups excluding carboxylic acids is 1. The minimum absolute atomic E-state index is 0.0712. The highest BCUT2D eigenvalue weighted by Gasteiger charge is 2.41. The molecule has 0 spiro atoms. The van der Waals surface area contributed by atoms with E-state index in [4.69, 9.17) is 0 Å². The zero-order valence-electron chi connectivity index (χ0n) is 11.1. The summed E-state index contributed by atoms with van der Waals surface area (Å²) in [5.74, 6) is -1.67. The molecule has 100 valence electrons. The zero-order valence-corrected chi connectivity index (χ0v) is 11.1. The Morgan fingerprint density at radius 1 is 1.56 bits per heavy atom. The maximum absolute atomic E-state index is 11.7. The quantitative estimate of drug-likeness (QED) is 0.762. The number of nitrogens with zero attached hydrogens (tertiary/aromatic N) is 2. The predicted octanol–water partition coefficient (Wildman–Crippen LogP) is 0.843. The van der Waals surface area contributed by atoms with Crippen molar-refractivity contribution in [2.24, 2.45) is 5.41 Å². The van der Waals surface area contributed by atoms with Gasteiger partial charge in [-0.2, -0.15) is 5.10 Å². The van der Waals surface area contributed by atoms with Gasteiger partial charge >= 0.3 is 5.97 Å². The number of aromatic nitrogens is 2. The Bertz CT molecular complexity index is 453. The predicted molar refractivity (Wildman–Crippen MR) is 66.1 cm³/mol. The summed E-state index contributed by atoms with van der Waals surface area (Å²) in [7, 11) is 1.43. The second-order valence-electron chi connectivity index (χ2n) is 4.77. The third kappa shape index (κ3) is 2.69. The SMILES string of the molecule is CNC(=O)C(C)(Cc1ccn(C(C)C)n1)C(=O)O. The smallest absolute Gasteiger partial charge is 0.319 e. The summed E-state index contributed by atoms with van der Waals surface area (Å²) in [5.41, 5.74) is -0.900. The first kappa shape index (κ1) is 14.2. The summed E-state index contributed by atoms with van der Waals surface area (Å²) in [6.45, 7) is 5.36. The molecule has 0 aliphatic rings. The fraction of sp³-hybridized carbons (Fsp3) is 0.583. The van der Waals surface area contributed by atoms with Gasteiger partial charge in [-0.15, -0.1) is 0 Å². The molecule has 0 bridgehead atoms. The summed E-state index contributed by atoms with van der Waals surface area (Å²) >= 11 is 0. The van der Waals surface area contributed by atoms with Gasteiger partial charge < -0.3 is 10.4 Å². The fourth-order valence-corrected chi connectivity index (χ4v) is 1.65. The van der Waals surface area contributed by atoms with Crippen LogP contribution in [0.3, 0.4) is 0 Å². The summed E-state index contributed by atoms with van der Waals surface area (Å²) < 4.78 is 1.74. The number of carboxylic acids is 1. The van der Waals surface area contributed by atoms with Crippen LogP contribution < -0.4 is 5.32 Å². The lowest BCUT2D eigenvalue weighted by Crippen LogP contribution is -2.44. The first-order chi connectivity index (χ1) is 8.31. The molecular formula is C12H19N3O3. The Labute approximate surface area is 106 Å². The number of carbonyl (C=O) groups is 2. The van der Waals surface area contributed by atoms with Crippen molar-refractivity contribution < 1.29 is 14.7 Å². The molecule has 0 aliphatic carbocycles. The second kappa shape index (κ2) is 5.20. The molecule has 1 atom stereocenters. The van der Waals surface area contributed by atoms with Crippen molar-refractivity contribution in [2.45, 2.75) is 33.2 Å². The average molecular weight is 253 g/mol. The number of aliphatic carboxylic acids is 1. The minimum Gasteiger partial charge on any atom is -0.480 e. The standard InChI is InChI=1S/C12H19N3O3/c1-8(2)15-6-5-9(14-15)7-12(3,11(17)18)10(16)13-4/h5-6,8H,7H2,1-4H3,(H,13,16)(H,17,18). The number of amides is 1. The Morgan fingerprint density at radius 2 is 2.17 bits per heavy atom. The van der Waals surface area contributed by atoms with Crippen LogP contribution in [0.25, 0.3) is 0 Å². The summed E-state index contributed by atoms with van der Waals surface area (Å²) in [6, 6.07) is 1.94. The molecule has 0 aromatic carbocycles. The van der Waals surface area contributed by atoms with Gasteiger partial charge in [0.05, 0.1) is 5.69 Å². The van der Waals surface area contributed by atoms with E-state index in [1.54, 1.807) is 16.9 Å². The molecule has 0 radical (unpaired) electrons. The molecule has 1 heterocycles. The van der Waals surface area contributed by atoms with E-state index >= 15 is 0 Å². The molecule has 0 saturated carbocycles. The van der Waals surface area contributed by atoms with Gasteiger partial charge in [-0.3, -0.25) is 14.3 Å². The number of nitrogens with one attached hydrogen (secondary N) is 1. The third-order valence-corrected chi connectivity index (χ3v) is 2.93. The number of hydrogen-bond acceptors (Lipinski definition) is 3. The van der Waals surface area contributed by atoms with Crippen molar-refractivity contribution in [1.29, 1.82) is 0 Å². The topological polar surface area (TPSA) is 84.2 Å². The van der Waals surface area contributed by atoms with E-state index < -0.39 is 17.3 Å². The molecule has 0 aliphatic heterocycles. The summed E-state index contributed by atoms with van der Waals surface area (Å²) in [4.78, 5) is 23.0. The highest BCUT2D eigenvalue weighted by molar-refractivity contribution is 6.01. The van der Waals surface area contributed by atoms with Crippen LogP contribution in [0.2, 0.25) is 0 Å². The van der Waals surface area contributed by atoms with Crippen LogP contribution in [0.15, 0.2) is 12.3 Å². The molecular weight excluding hydrogens is 234 g/mol. The molecule has 1 aromatic heterocycles. The summed E-state index contributed by atoms with van der Waals surface area (Å²) in [5, 5.41) is 15.9.